The maximum absolute atomic E-state index is 14.1. The second-order valence-electron chi connectivity index (χ2n) is 10.6. The van der Waals surface area contributed by atoms with Crippen molar-refractivity contribution in [1.29, 1.82) is 0 Å². The average molecular weight is 586 g/mol. The number of rotatable bonds is 11. The van der Waals surface area contributed by atoms with E-state index in [1.165, 1.54) is 12.0 Å². The molecule has 0 heterocycles. The maximum Gasteiger partial charge on any atom is 0.244 e. The number of nitrogens with zero attached hydrogens (tertiary/aromatic N) is 2. The van der Waals surface area contributed by atoms with E-state index in [0.29, 0.717) is 22.0 Å². The largest absolute Gasteiger partial charge is 0.497 e. The molecule has 3 aromatic rings. The van der Waals surface area contributed by atoms with Crippen LogP contribution in [0, 0.1) is 0 Å². The van der Waals surface area contributed by atoms with Gasteiger partial charge in [0, 0.05) is 23.5 Å². The molecule has 0 fully saturated rings. The summed E-state index contributed by atoms with van der Waals surface area (Å²) in [7, 11) is -2.35. The molecule has 1 unspecified atom stereocenters. The van der Waals surface area contributed by atoms with Gasteiger partial charge < -0.3 is 15.0 Å². The van der Waals surface area contributed by atoms with E-state index in [9.17, 15) is 18.0 Å². The van der Waals surface area contributed by atoms with Crippen molar-refractivity contribution in [2.75, 3.05) is 24.2 Å². The van der Waals surface area contributed by atoms with Crippen LogP contribution in [-0.4, -0.2) is 56.6 Å². The number of nitrogens with one attached hydrogen (secondary N) is 1. The minimum absolute atomic E-state index is 0.0503. The van der Waals surface area contributed by atoms with Crippen molar-refractivity contribution in [3.8, 4) is 5.75 Å². The van der Waals surface area contributed by atoms with Crippen molar-refractivity contribution in [2.24, 2.45) is 0 Å². The Bertz CT molecular complexity index is 1410. The SMILES string of the molecule is COc1ccc(N(CC(=O)N(Cc2cccc(Cl)c2)C(Cc2ccccc2)C(=O)NC(C)(C)C)S(C)(=O)=O)cc1. The van der Waals surface area contributed by atoms with Gasteiger partial charge in [-0.15, -0.1) is 0 Å². The summed E-state index contributed by atoms with van der Waals surface area (Å²) in [5, 5.41) is 3.48. The first-order valence-corrected chi connectivity index (χ1v) is 15.0. The molecule has 8 nitrogen and oxygen atoms in total. The summed E-state index contributed by atoms with van der Waals surface area (Å²) in [6.45, 7) is 5.14. The van der Waals surface area contributed by atoms with Gasteiger partial charge in [0.1, 0.15) is 18.3 Å². The van der Waals surface area contributed by atoms with Gasteiger partial charge in [0.25, 0.3) is 0 Å². The standard InChI is InChI=1S/C30H36ClN3O5S/c1-30(2,3)32-29(36)27(19-22-10-7-6-8-11-22)33(20-23-12-9-13-24(31)18-23)28(35)21-34(40(5,37)38)25-14-16-26(39-4)17-15-25/h6-18,27H,19-21H2,1-5H3,(H,32,36). The average Bonchev–Trinajstić information content (AvgIpc) is 2.88. The molecule has 3 rings (SSSR count). The summed E-state index contributed by atoms with van der Waals surface area (Å²) in [6.07, 6.45) is 1.27. The number of carbonyl (C=O) groups is 2. The van der Waals surface area contributed by atoms with Crippen LogP contribution in [0.4, 0.5) is 5.69 Å². The van der Waals surface area contributed by atoms with Crippen LogP contribution < -0.4 is 14.4 Å². The lowest BCUT2D eigenvalue weighted by Crippen LogP contribution is -2.56. The molecule has 0 aliphatic carbocycles. The normalized spacial score (nSPS) is 12.3. The number of ether oxygens (including phenoxy) is 1. The van der Waals surface area contributed by atoms with Crippen molar-refractivity contribution < 1.29 is 22.7 Å². The highest BCUT2D eigenvalue weighted by atomic mass is 35.5. The molecule has 0 aromatic heterocycles. The molecule has 0 spiro atoms. The smallest absolute Gasteiger partial charge is 0.244 e. The summed E-state index contributed by atoms with van der Waals surface area (Å²) in [6, 6.07) is 21.9. The van der Waals surface area contributed by atoms with E-state index in [2.05, 4.69) is 5.32 Å². The number of halogens is 1. The van der Waals surface area contributed by atoms with Crippen molar-refractivity contribution in [3.63, 3.8) is 0 Å². The van der Waals surface area contributed by atoms with Gasteiger partial charge in [-0.1, -0.05) is 54.1 Å². The molecule has 1 N–H and O–H groups in total. The molecular weight excluding hydrogens is 550 g/mol. The minimum atomic E-state index is -3.86. The van der Waals surface area contributed by atoms with Gasteiger partial charge in [-0.25, -0.2) is 8.42 Å². The lowest BCUT2D eigenvalue weighted by Gasteiger charge is -2.35. The van der Waals surface area contributed by atoms with E-state index in [4.69, 9.17) is 16.3 Å². The first kappa shape index (κ1) is 31.0. The highest BCUT2D eigenvalue weighted by Crippen LogP contribution is 2.23. The van der Waals surface area contributed by atoms with Gasteiger partial charge >= 0.3 is 0 Å². The molecule has 10 heteroatoms. The van der Waals surface area contributed by atoms with Crippen LogP contribution in [0.2, 0.25) is 5.02 Å². The Kier molecular flexibility index (Phi) is 10.2. The summed E-state index contributed by atoms with van der Waals surface area (Å²) < 4.78 is 31.9. The Balaban J connectivity index is 2.06. The molecule has 0 saturated heterocycles. The highest BCUT2D eigenvalue weighted by molar-refractivity contribution is 7.92. The zero-order chi connectivity index (χ0) is 29.5. The van der Waals surface area contributed by atoms with Crippen LogP contribution in [0.1, 0.15) is 31.9 Å². The number of methoxy groups -OCH3 is 1. The Morgan fingerprint density at radius 1 is 0.950 bits per heavy atom. The number of amides is 2. The van der Waals surface area contributed by atoms with E-state index >= 15 is 0 Å². The zero-order valence-corrected chi connectivity index (χ0v) is 25.0. The highest BCUT2D eigenvalue weighted by Gasteiger charge is 2.34. The van der Waals surface area contributed by atoms with Crippen molar-refractivity contribution >= 4 is 39.1 Å². The second kappa shape index (κ2) is 13.2. The van der Waals surface area contributed by atoms with E-state index in [1.54, 1.807) is 42.5 Å². The lowest BCUT2D eigenvalue weighted by molar-refractivity contribution is -0.140. The van der Waals surface area contributed by atoms with Gasteiger partial charge in [0.05, 0.1) is 19.1 Å². The fraction of sp³-hybridized carbons (Fsp3) is 0.333. The third-order valence-corrected chi connectivity index (χ3v) is 7.43. The fourth-order valence-electron chi connectivity index (χ4n) is 4.20. The second-order valence-corrected chi connectivity index (χ2v) is 12.9. The molecule has 214 valence electrons. The van der Waals surface area contributed by atoms with E-state index in [-0.39, 0.29) is 18.9 Å². The number of carbonyl (C=O) groups excluding carboxylic acids is 2. The Hall–Kier alpha value is -3.56. The number of hydrogen-bond acceptors (Lipinski definition) is 5. The monoisotopic (exact) mass is 585 g/mol. The topological polar surface area (TPSA) is 96.0 Å². The summed E-state index contributed by atoms with van der Waals surface area (Å²) in [5.41, 5.74) is 1.31. The first-order chi connectivity index (χ1) is 18.8. The van der Waals surface area contributed by atoms with Crippen LogP contribution in [0.3, 0.4) is 0 Å². The van der Waals surface area contributed by atoms with Crippen LogP contribution in [0.5, 0.6) is 5.75 Å². The zero-order valence-electron chi connectivity index (χ0n) is 23.4. The third kappa shape index (κ3) is 8.99. The van der Waals surface area contributed by atoms with Gasteiger partial charge in [0.2, 0.25) is 21.8 Å². The summed E-state index contributed by atoms with van der Waals surface area (Å²) in [5.74, 6) is -0.332. The van der Waals surface area contributed by atoms with Crippen LogP contribution in [0.15, 0.2) is 78.9 Å². The van der Waals surface area contributed by atoms with Gasteiger partial charge in [0.15, 0.2) is 0 Å². The first-order valence-electron chi connectivity index (χ1n) is 12.8. The molecule has 0 aliphatic rings. The van der Waals surface area contributed by atoms with E-state index in [1.807, 2.05) is 57.2 Å². The molecule has 0 aliphatic heterocycles. The Labute approximate surface area is 241 Å². The molecule has 40 heavy (non-hydrogen) atoms. The van der Waals surface area contributed by atoms with Gasteiger partial charge in [-0.05, 0) is 68.3 Å². The molecule has 0 saturated carbocycles. The van der Waals surface area contributed by atoms with Crippen molar-refractivity contribution in [3.05, 3.63) is 95.0 Å². The Morgan fingerprint density at radius 2 is 1.57 bits per heavy atom. The Morgan fingerprint density at radius 3 is 2.12 bits per heavy atom. The van der Waals surface area contributed by atoms with E-state index < -0.39 is 34.1 Å². The van der Waals surface area contributed by atoms with Gasteiger partial charge in [-0.2, -0.15) is 0 Å². The van der Waals surface area contributed by atoms with E-state index in [0.717, 1.165) is 16.1 Å². The van der Waals surface area contributed by atoms with Gasteiger partial charge in [-0.3, -0.25) is 13.9 Å². The predicted molar refractivity (Wildman–Crippen MR) is 159 cm³/mol. The lowest BCUT2D eigenvalue weighted by atomic mass is 10.0. The van der Waals surface area contributed by atoms with Crippen molar-refractivity contribution in [2.45, 2.75) is 45.3 Å². The molecular formula is C30H36ClN3O5S. The number of anilines is 1. The third-order valence-electron chi connectivity index (χ3n) is 6.05. The number of benzene rings is 3. The molecule has 3 aromatic carbocycles. The number of hydrogen-bond donors (Lipinski definition) is 1. The number of sulfonamides is 1. The maximum atomic E-state index is 14.1. The summed E-state index contributed by atoms with van der Waals surface area (Å²) >= 11 is 6.24. The van der Waals surface area contributed by atoms with Crippen LogP contribution in [0.25, 0.3) is 0 Å². The molecule has 2 amide bonds. The quantitative estimate of drug-likeness (QED) is 0.353. The molecule has 0 bridgehead atoms. The fourth-order valence-corrected chi connectivity index (χ4v) is 5.26. The summed E-state index contributed by atoms with van der Waals surface area (Å²) in [4.78, 5) is 29.2. The predicted octanol–water partition coefficient (Wildman–Crippen LogP) is 4.67. The van der Waals surface area contributed by atoms with Crippen molar-refractivity contribution in [1.82, 2.24) is 10.2 Å². The molecule has 1 atom stereocenters. The molecule has 0 radical (unpaired) electrons. The minimum Gasteiger partial charge on any atom is -0.497 e. The van der Waals surface area contributed by atoms with Crippen LogP contribution in [-0.2, 0) is 32.6 Å². The van der Waals surface area contributed by atoms with Crippen LogP contribution >= 0.6 is 11.6 Å².